The van der Waals surface area contributed by atoms with Crippen molar-refractivity contribution in [1.29, 1.82) is 0 Å². The SMILES string of the molecule is CN(C)CCN(C(=O)CCS(=O)(=O)c1ccc(Cl)cc1)c1nc2c(Cl)cccc2s1. The van der Waals surface area contributed by atoms with E-state index in [-0.39, 0.29) is 23.0 Å². The van der Waals surface area contributed by atoms with Crippen molar-refractivity contribution in [3.8, 4) is 0 Å². The second-order valence-electron chi connectivity index (χ2n) is 6.95. The fraction of sp³-hybridized carbons (Fsp3) is 0.300. The van der Waals surface area contributed by atoms with Crippen molar-refractivity contribution in [2.24, 2.45) is 0 Å². The third kappa shape index (κ3) is 5.50. The maximum atomic E-state index is 13.0. The third-order valence-corrected chi connectivity index (χ3v) is 7.75. The molecule has 0 spiro atoms. The maximum Gasteiger partial charge on any atom is 0.229 e. The molecule has 0 aliphatic heterocycles. The molecule has 0 unspecified atom stereocenters. The van der Waals surface area contributed by atoms with Crippen LogP contribution in [0, 0.1) is 0 Å². The largest absolute Gasteiger partial charge is 0.308 e. The smallest absolute Gasteiger partial charge is 0.229 e. The van der Waals surface area contributed by atoms with Crippen LogP contribution in [0.15, 0.2) is 47.4 Å². The summed E-state index contributed by atoms with van der Waals surface area (Å²) in [5, 5.41) is 1.48. The van der Waals surface area contributed by atoms with Crippen LogP contribution in [0.1, 0.15) is 6.42 Å². The lowest BCUT2D eigenvalue weighted by molar-refractivity contribution is -0.118. The van der Waals surface area contributed by atoms with Gasteiger partial charge in [-0.25, -0.2) is 13.4 Å². The van der Waals surface area contributed by atoms with Crippen molar-refractivity contribution >= 4 is 65.6 Å². The highest BCUT2D eigenvalue weighted by molar-refractivity contribution is 7.91. The van der Waals surface area contributed by atoms with Crippen LogP contribution in [-0.2, 0) is 14.6 Å². The summed E-state index contributed by atoms with van der Waals surface area (Å²) in [5.41, 5.74) is 0.635. The van der Waals surface area contributed by atoms with Gasteiger partial charge in [0.15, 0.2) is 15.0 Å². The van der Waals surface area contributed by atoms with E-state index in [2.05, 4.69) is 4.98 Å². The number of carbonyl (C=O) groups is 1. The number of aromatic nitrogens is 1. The summed E-state index contributed by atoms with van der Waals surface area (Å²) in [7, 11) is 0.206. The second kappa shape index (κ2) is 9.62. The van der Waals surface area contributed by atoms with E-state index < -0.39 is 9.84 Å². The van der Waals surface area contributed by atoms with Crippen LogP contribution in [0.2, 0.25) is 10.0 Å². The number of benzene rings is 2. The number of amides is 1. The molecule has 0 aliphatic carbocycles. The van der Waals surface area contributed by atoms with Gasteiger partial charge in [-0.3, -0.25) is 9.69 Å². The summed E-state index contributed by atoms with van der Waals surface area (Å²) in [6, 6.07) is 11.4. The van der Waals surface area contributed by atoms with Gasteiger partial charge in [-0.2, -0.15) is 0 Å². The van der Waals surface area contributed by atoms with Gasteiger partial charge in [-0.15, -0.1) is 0 Å². The number of sulfone groups is 1. The van der Waals surface area contributed by atoms with Gasteiger partial charge in [0.1, 0.15) is 5.52 Å². The van der Waals surface area contributed by atoms with Gasteiger partial charge in [0, 0.05) is 24.5 Å². The fourth-order valence-corrected chi connectivity index (χ4v) is 5.43. The molecule has 10 heteroatoms. The van der Waals surface area contributed by atoms with Crippen LogP contribution in [0.3, 0.4) is 0 Å². The number of anilines is 1. The van der Waals surface area contributed by atoms with Crippen LogP contribution in [0.5, 0.6) is 0 Å². The van der Waals surface area contributed by atoms with E-state index in [0.29, 0.717) is 33.8 Å². The van der Waals surface area contributed by atoms with Crippen LogP contribution >= 0.6 is 34.5 Å². The second-order valence-corrected chi connectivity index (χ2v) is 10.9. The monoisotopic (exact) mass is 485 g/mol. The van der Waals surface area contributed by atoms with E-state index in [1.807, 2.05) is 31.1 Å². The predicted octanol–water partition coefficient (Wildman–Crippen LogP) is 4.36. The van der Waals surface area contributed by atoms with Crippen LogP contribution in [0.4, 0.5) is 5.13 Å². The molecule has 0 saturated heterocycles. The molecule has 0 bridgehead atoms. The molecular formula is C20H21Cl2N3O3S2. The average Bonchev–Trinajstić information content (AvgIpc) is 3.12. The van der Waals surface area contributed by atoms with Gasteiger partial charge in [-0.1, -0.05) is 40.6 Å². The Kier molecular flexibility index (Phi) is 7.36. The van der Waals surface area contributed by atoms with E-state index in [9.17, 15) is 13.2 Å². The van der Waals surface area contributed by atoms with Gasteiger partial charge in [0.25, 0.3) is 0 Å². The molecule has 0 fully saturated rings. The number of rotatable bonds is 8. The Labute approximate surface area is 189 Å². The quantitative estimate of drug-likeness (QED) is 0.473. The molecule has 0 N–H and O–H groups in total. The number of nitrogens with zero attached hydrogens (tertiary/aromatic N) is 3. The van der Waals surface area contributed by atoms with Crippen molar-refractivity contribution in [3.05, 3.63) is 52.5 Å². The highest BCUT2D eigenvalue weighted by Crippen LogP contribution is 2.33. The molecule has 30 heavy (non-hydrogen) atoms. The van der Waals surface area contributed by atoms with E-state index in [1.165, 1.54) is 35.6 Å². The van der Waals surface area contributed by atoms with Gasteiger partial charge in [0.05, 0.1) is 20.4 Å². The number of hydrogen-bond donors (Lipinski definition) is 0. The third-order valence-electron chi connectivity index (χ3n) is 4.42. The predicted molar refractivity (Wildman–Crippen MR) is 124 cm³/mol. The molecule has 0 aliphatic rings. The summed E-state index contributed by atoms with van der Waals surface area (Å²) >= 11 is 13.4. The molecule has 1 heterocycles. The zero-order chi connectivity index (χ0) is 21.9. The highest BCUT2D eigenvalue weighted by Gasteiger charge is 2.23. The first kappa shape index (κ1) is 23.0. The number of likely N-dealkylation sites (N-methyl/N-ethyl adjacent to an activating group) is 1. The van der Waals surface area contributed by atoms with Crippen molar-refractivity contribution < 1.29 is 13.2 Å². The van der Waals surface area contributed by atoms with Crippen LogP contribution in [0.25, 0.3) is 10.2 Å². The first-order valence-electron chi connectivity index (χ1n) is 9.16. The van der Waals surface area contributed by atoms with Crippen LogP contribution in [-0.4, -0.2) is 57.1 Å². The summed E-state index contributed by atoms with van der Waals surface area (Å²) < 4.78 is 26.1. The summed E-state index contributed by atoms with van der Waals surface area (Å²) in [6.07, 6.45) is -0.151. The summed E-state index contributed by atoms with van der Waals surface area (Å²) in [6.45, 7) is 1.00. The fourth-order valence-electron chi connectivity index (χ4n) is 2.76. The minimum Gasteiger partial charge on any atom is -0.308 e. The first-order valence-corrected chi connectivity index (χ1v) is 12.4. The van der Waals surface area contributed by atoms with Gasteiger partial charge >= 0.3 is 0 Å². The molecule has 2 aromatic carbocycles. The number of para-hydroxylation sites is 1. The Morgan fingerprint density at radius 2 is 1.77 bits per heavy atom. The lowest BCUT2D eigenvalue weighted by Crippen LogP contribution is -2.37. The highest BCUT2D eigenvalue weighted by atomic mass is 35.5. The van der Waals surface area contributed by atoms with Crippen LogP contribution < -0.4 is 4.90 Å². The Hall–Kier alpha value is -1.71. The Bertz CT molecular complexity index is 1150. The molecule has 6 nitrogen and oxygen atoms in total. The molecule has 0 saturated carbocycles. The average molecular weight is 486 g/mol. The van der Waals surface area contributed by atoms with Crippen molar-refractivity contribution in [1.82, 2.24) is 9.88 Å². The van der Waals surface area contributed by atoms with Crippen molar-refractivity contribution in [2.75, 3.05) is 37.8 Å². The molecule has 1 amide bonds. The lowest BCUT2D eigenvalue weighted by atomic mass is 10.3. The maximum absolute atomic E-state index is 13.0. The van der Waals surface area contributed by atoms with E-state index in [1.54, 1.807) is 11.0 Å². The topological polar surface area (TPSA) is 70.6 Å². The normalized spacial score (nSPS) is 11.9. The molecule has 0 atom stereocenters. The summed E-state index contributed by atoms with van der Waals surface area (Å²) in [4.78, 5) is 21.2. The van der Waals surface area contributed by atoms with Gasteiger partial charge in [0.2, 0.25) is 5.91 Å². The Morgan fingerprint density at radius 3 is 2.40 bits per heavy atom. The van der Waals surface area contributed by atoms with E-state index >= 15 is 0 Å². The minimum atomic E-state index is -3.61. The number of carbonyl (C=O) groups excluding carboxylic acids is 1. The molecule has 0 radical (unpaired) electrons. The van der Waals surface area contributed by atoms with E-state index in [4.69, 9.17) is 23.2 Å². The number of halogens is 2. The van der Waals surface area contributed by atoms with E-state index in [0.717, 1.165) is 4.70 Å². The Morgan fingerprint density at radius 1 is 1.07 bits per heavy atom. The van der Waals surface area contributed by atoms with Crippen molar-refractivity contribution in [3.63, 3.8) is 0 Å². The molecule has 3 aromatic rings. The molecule has 1 aromatic heterocycles. The van der Waals surface area contributed by atoms with Crippen molar-refractivity contribution in [2.45, 2.75) is 11.3 Å². The number of thiazole rings is 1. The zero-order valence-electron chi connectivity index (χ0n) is 16.5. The number of fused-ring (bicyclic) bond motifs is 1. The minimum absolute atomic E-state index is 0.145. The first-order chi connectivity index (χ1) is 14.2. The number of hydrogen-bond acceptors (Lipinski definition) is 6. The standard InChI is InChI=1S/C20H21Cl2N3O3S2/c1-24(2)11-12-25(20-23-19-16(22)4-3-5-17(19)29-20)18(26)10-13-30(27,28)15-8-6-14(21)7-9-15/h3-9H,10-13H2,1-2H3. The molecule has 160 valence electrons. The Balaban J connectivity index is 1.81. The lowest BCUT2D eigenvalue weighted by Gasteiger charge is -2.22. The van der Waals surface area contributed by atoms with Gasteiger partial charge in [-0.05, 0) is 50.5 Å². The van der Waals surface area contributed by atoms with Gasteiger partial charge < -0.3 is 4.90 Å². The zero-order valence-corrected chi connectivity index (χ0v) is 19.7. The molecule has 3 rings (SSSR count). The summed E-state index contributed by atoms with van der Waals surface area (Å²) in [5.74, 6) is -0.595. The molecular weight excluding hydrogens is 465 g/mol.